The van der Waals surface area contributed by atoms with Crippen molar-refractivity contribution in [2.45, 2.75) is 6.92 Å². The fourth-order valence-electron chi connectivity index (χ4n) is 1.12. The van der Waals surface area contributed by atoms with Gasteiger partial charge in [-0.2, -0.15) is 4.98 Å². The fraction of sp³-hybridized carbons (Fsp3) is 0.125. The molecule has 0 saturated heterocycles. The number of hydrogen-bond acceptors (Lipinski definition) is 5. The standard InChI is InChI=1S/C8H8N4O/c1-4-2-5-6(10-3-4)7(13)12-8(9)11-5/h2-3H,1H3,(H3,9,11,12,13). The maximum atomic E-state index is 9.35. The number of nitrogens with two attached hydrogens (primary N) is 1. The van der Waals surface area contributed by atoms with E-state index in [0.717, 1.165) is 5.56 Å². The molecule has 2 aromatic heterocycles. The number of rotatable bonds is 0. The Balaban J connectivity index is 2.86. The van der Waals surface area contributed by atoms with Gasteiger partial charge in [-0.05, 0) is 18.6 Å². The summed E-state index contributed by atoms with van der Waals surface area (Å²) in [6.07, 6.45) is 1.64. The Labute approximate surface area is 74.3 Å². The van der Waals surface area contributed by atoms with Gasteiger partial charge in [0, 0.05) is 6.20 Å². The first-order valence-corrected chi connectivity index (χ1v) is 3.75. The first kappa shape index (κ1) is 7.72. The van der Waals surface area contributed by atoms with Crippen molar-refractivity contribution in [2.24, 2.45) is 0 Å². The van der Waals surface area contributed by atoms with Crippen LogP contribution < -0.4 is 5.73 Å². The second-order valence-electron chi connectivity index (χ2n) is 2.79. The van der Waals surface area contributed by atoms with E-state index in [1.807, 2.05) is 6.92 Å². The minimum Gasteiger partial charge on any atom is -0.492 e. The maximum absolute atomic E-state index is 9.35. The third kappa shape index (κ3) is 1.24. The Hall–Kier alpha value is -1.91. The summed E-state index contributed by atoms with van der Waals surface area (Å²) < 4.78 is 0. The number of aromatic nitrogens is 3. The molecular formula is C8H8N4O. The lowest BCUT2D eigenvalue weighted by atomic mass is 10.3. The molecule has 66 valence electrons. The van der Waals surface area contributed by atoms with Gasteiger partial charge in [-0.1, -0.05) is 0 Å². The van der Waals surface area contributed by atoms with Crippen molar-refractivity contribution < 1.29 is 5.11 Å². The molecule has 2 heterocycles. The van der Waals surface area contributed by atoms with Crippen LogP contribution in [0.1, 0.15) is 5.56 Å². The largest absolute Gasteiger partial charge is 0.492 e. The van der Waals surface area contributed by atoms with Gasteiger partial charge in [0.05, 0.1) is 5.52 Å². The van der Waals surface area contributed by atoms with Gasteiger partial charge < -0.3 is 10.8 Å². The molecule has 0 radical (unpaired) electrons. The number of nitrogen functional groups attached to an aromatic ring is 1. The van der Waals surface area contributed by atoms with Crippen LogP contribution in [-0.2, 0) is 0 Å². The zero-order chi connectivity index (χ0) is 9.42. The van der Waals surface area contributed by atoms with Crippen LogP contribution in [0.3, 0.4) is 0 Å². The van der Waals surface area contributed by atoms with Crippen molar-refractivity contribution in [3.63, 3.8) is 0 Å². The van der Waals surface area contributed by atoms with E-state index in [4.69, 9.17) is 5.73 Å². The zero-order valence-electron chi connectivity index (χ0n) is 7.02. The smallest absolute Gasteiger partial charge is 0.243 e. The lowest BCUT2D eigenvalue weighted by molar-refractivity contribution is 0.459. The normalized spacial score (nSPS) is 10.5. The van der Waals surface area contributed by atoms with Gasteiger partial charge in [0.25, 0.3) is 0 Å². The highest BCUT2D eigenvalue weighted by molar-refractivity contribution is 5.80. The van der Waals surface area contributed by atoms with Gasteiger partial charge in [-0.15, -0.1) is 0 Å². The summed E-state index contributed by atoms with van der Waals surface area (Å²) in [7, 11) is 0. The number of fused-ring (bicyclic) bond motifs is 1. The summed E-state index contributed by atoms with van der Waals surface area (Å²) in [5, 5.41) is 9.35. The van der Waals surface area contributed by atoms with Crippen LogP contribution in [0, 0.1) is 6.92 Å². The van der Waals surface area contributed by atoms with Crippen molar-refractivity contribution >= 4 is 17.0 Å². The minimum absolute atomic E-state index is 0.0531. The van der Waals surface area contributed by atoms with Crippen molar-refractivity contribution in [1.82, 2.24) is 15.0 Å². The summed E-state index contributed by atoms with van der Waals surface area (Å²) >= 11 is 0. The first-order chi connectivity index (χ1) is 6.16. The number of anilines is 1. The van der Waals surface area contributed by atoms with E-state index >= 15 is 0 Å². The third-order valence-electron chi connectivity index (χ3n) is 1.67. The number of pyridine rings is 1. The highest BCUT2D eigenvalue weighted by Crippen LogP contribution is 2.19. The van der Waals surface area contributed by atoms with Gasteiger partial charge in [0.2, 0.25) is 11.8 Å². The third-order valence-corrected chi connectivity index (χ3v) is 1.67. The summed E-state index contributed by atoms with van der Waals surface area (Å²) in [4.78, 5) is 11.5. The summed E-state index contributed by atoms with van der Waals surface area (Å²) in [6, 6.07) is 1.79. The van der Waals surface area contributed by atoms with Gasteiger partial charge in [0.15, 0.2) is 5.52 Å². The average Bonchev–Trinajstić information content (AvgIpc) is 2.02. The molecule has 0 amide bonds. The molecule has 0 aliphatic carbocycles. The van der Waals surface area contributed by atoms with Crippen molar-refractivity contribution in [3.05, 3.63) is 17.8 Å². The molecule has 0 bridgehead atoms. The molecule has 0 aliphatic heterocycles. The van der Waals surface area contributed by atoms with Gasteiger partial charge in [0.1, 0.15) is 0 Å². The van der Waals surface area contributed by atoms with Crippen LogP contribution in [0.15, 0.2) is 12.3 Å². The van der Waals surface area contributed by atoms with E-state index in [-0.39, 0.29) is 11.8 Å². The Morgan fingerprint density at radius 1 is 1.38 bits per heavy atom. The molecular weight excluding hydrogens is 168 g/mol. The van der Waals surface area contributed by atoms with E-state index in [0.29, 0.717) is 11.0 Å². The Kier molecular flexibility index (Phi) is 1.51. The molecule has 0 spiro atoms. The predicted molar refractivity (Wildman–Crippen MR) is 48.1 cm³/mol. The second kappa shape index (κ2) is 2.55. The highest BCUT2D eigenvalue weighted by Gasteiger charge is 2.05. The topological polar surface area (TPSA) is 84.9 Å². The maximum Gasteiger partial charge on any atom is 0.243 e. The van der Waals surface area contributed by atoms with Crippen molar-refractivity contribution in [3.8, 4) is 5.88 Å². The van der Waals surface area contributed by atoms with E-state index in [9.17, 15) is 5.11 Å². The molecule has 2 rings (SSSR count). The molecule has 5 nitrogen and oxygen atoms in total. The van der Waals surface area contributed by atoms with Crippen LogP contribution in [-0.4, -0.2) is 20.1 Å². The van der Waals surface area contributed by atoms with E-state index in [1.54, 1.807) is 12.3 Å². The Morgan fingerprint density at radius 3 is 2.92 bits per heavy atom. The monoisotopic (exact) mass is 176 g/mol. The minimum atomic E-state index is -0.178. The summed E-state index contributed by atoms with van der Waals surface area (Å²) in [5.41, 5.74) is 7.26. The SMILES string of the molecule is Cc1cnc2c(O)nc(N)nc2c1. The second-order valence-corrected chi connectivity index (χ2v) is 2.79. The molecule has 0 unspecified atom stereocenters. The van der Waals surface area contributed by atoms with Crippen LogP contribution >= 0.6 is 0 Å². The van der Waals surface area contributed by atoms with Crippen LogP contribution in [0.4, 0.5) is 5.95 Å². The molecule has 3 N–H and O–H groups in total. The number of aryl methyl sites for hydroxylation is 1. The quantitative estimate of drug-likeness (QED) is 0.614. The van der Waals surface area contributed by atoms with E-state index in [1.165, 1.54) is 0 Å². The Morgan fingerprint density at radius 2 is 2.15 bits per heavy atom. The lowest BCUT2D eigenvalue weighted by Crippen LogP contribution is -1.96. The Bertz CT molecular complexity index is 464. The molecule has 0 atom stereocenters. The van der Waals surface area contributed by atoms with Crippen LogP contribution in [0.2, 0.25) is 0 Å². The molecule has 2 aromatic rings. The van der Waals surface area contributed by atoms with Crippen molar-refractivity contribution in [2.75, 3.05) is 5.73 Å². The molecule has 0 fully saturated rings. The number of aromatic hydroxyl groups is 1. The van der Waals surface area contributed by atoms with Crippen LogP contribution in [0.25, 0.3) is 11.0 Å². The van der Waals surface area contributed by atoms with E-state index in [2.05, 4.69) is 15.0 Å². The van der Waals surface area contributed by atoms with Gasteiger partial charge >= 0.3 is 0 Å². The molecule has 0 aromatic carbocycles. The molecule has 13 heavy (non-hydrogen) atoms. The first-order valence-electron chi connectivity index (χ1n) is 3.75. The molecule has 5 heteroatoms. The number of nitrogens with zero attached hydrogens (tertiary/aromatic N) is 3. The lowest BCUT2D eigenvalue weighted by Gasteiger charge is -2.00. The van der Waals surface area contributed by atoms with Gasteiger partial charge in [-0.25, -0.2) is 9.97 Å². The predicted octanol–water partition coefficient (Wildman–Crippen LogP) is 0.621. The zero-order valence-corrected chi connectivity index (χ0v) is 7.02. The average molecular weight is 176 g/mol. The summed E-state index contributed by atoms with van der Waals surface area (Å²) in [5.74, 6) is -0.125. The summed E-state index contributed by atoms with van der Waals surface area (Å²) in [6.45, 7) is 1.89. The van der Waals surface area contributed by atoms with Crippen LogP contribution in [0.5, 0.6) is 5.88 Å². The molecule has 0 saturated carbocycles. The highest BCUT2D eigenvalue weighted by atomic mass is 16.3. The van der Waals surface area contributed by atoms with Gasteiger partial charge in [-0.3, -0.25) is 0 Å². The number of hydrogen-bond donors (Lipinski definition) is 2. The van der Waals surface area contributed by atoms with E-state index < -0.39 is 0 Å². The fourth-order valence-corrected chi connectivity index (χ4v) is 1.12. The van der Waals surface area contributed by atoms with Crippen molar-refractivity contribution in [1.29, 1.82) is 0 Å². The molecule has 0 aliphatic rings.